The molecule has 1 N–H and O–H groups in total. The second kappa shape index (κ2) is 7.77. The standard InChI is InChI=1S/C19H24BrN/c1-14-7-6-8-17(13-14)12-11-15(2)21-16(3)18-9-4-5-10-19(18)20/h4-10,13,15-16,21H,11-12H2,1-3H3. The molecule has 1 nitrogen and oxygen atoms in total. The molecule has 0 radical (unpaired) electrons. The number of halogens is 1. The lowest BCUT2D eigenvalue weighted by atomic mass is 10.0. The summed E-state index contributed by atoms with van der Waals surface area (Å²) in [5.41, 5.74) is 4.09. The minimum Gasteiger partial charge on any atom is -0.308 e. The van der Waals surface area contributed by atoms with Gasteiger partial charge >= 0.3 is 0 Å². The van der Waals surface area contributed by atoms with Gasteiger partial charge in [0.25, 0.3) is 0 Å². The smallest absolute Gasteiger partial charge is 0.0305 e. The van der Waals surface area contributed by atoms with Crippen molar-refractivity contribution in [3.63, 3.8) is 0 Å². The molecule has 0 aliphatic rings. The third-order valence-corrected chi connectivity index (χ3v) is 4.58. The van der Waals surface area contributed by atoms with Crippen LogP contribution in [0.5, 0.6) is 0 Å². The molecule has 2 rings (SSSR count). The molecule has 0 aromatic heterocycles. The summed E-state index contributed by atoms with van der Waals surface area (Å²) in [7, 11) is 0. The Kier molecular flexibility index (Phi) is 6.01. The first-order valence-electron chi connectivity index (χ1n) is 7.62. The summed E-state index contributed by atoms with van der Waals surface area (Å²) in [5.74, 6) is 0. The van der Waals surface area contributed by atoms with Crippen LogP contribution in [-0.2, 0) is 6.42 Å². The Hall–Kier alpha value is -1.12. The van der Waals surface area contributed by atoms with Crippen molar-refractivity contribution in [1.29, 1.82) is 0 Å². The number of rotatable bonds is 6. The Morgan fingerprint density at radius 3 is 2.52 bits per heavy atom. The van der Waals surface area contributed by atoms with Crippen LogP contribution in [0.1, 0.15) is 43.0 Å². The molecular weight excluding hydrogens is 322 g/mol. The van der Waals surface area contributed by atoms with Gasteiger partial charge in [-0.2, -0.15) is 0 Å². The topological polar surface area (TPSA) is 12.0 Å². The van der Waals surface area contributed by atoms with Crippen LogP contribution in [0, 0.1) is 6.92 Å². The first-order chi connectivity index (χ1) is 10.1. The molecule has 0 saturated carbocycles. The van der Waals surface area contributed by atoms with Crippen molar-refractivity contribution < 1.29 is 0 Å². The minimum absolute atomic E-state index is 0.355. The summed E-state index contributed by atoms with van der Waals surface area (Å²) < 4.78 is 1.18. The van der Waals surface area contributed by atoms with E-state index >= 15 is 0 Å². The fourth-order valence-electron chi connectivity index (χ4n) is 2.68. The van der Waals surface area contributed by atoms with Crippen molar-refractivity contribution in [3.05, 3.63) is 69.7 Å². The second-order valence-corrected chi connectivity index (χ2v) is 6.69. The lowest BCUT2D eigenvalue weighted by Crippen LogP contribution is -2.29. The largest absolute Gasteiger partial charge is 0.308 e. The van der Waals surface area contributed by atoms with Crippen molar-refractivity contribution in [3.8, 4) is 0 Å². The lowest BCUT2D eigenvalue weighted by Gasteiger charge is -2.21. The first kappa shape index (κ1) is 16.3. The Morgan fingerprint density at radius 1 is 1.05 bits per heavy atom. The van der Waals surface area contributed by atoms with Gasteiger partial charge in [0.1, 0.15) is 0 Å². The molecule has 2 unspecified atom stereocenters. The molecule has 2 aromatic carbocycles. The summed E-state index contributed by atoms with van der Waals surface area (Å²) in [6.45, 7) is 6.65. The van der Waals surface area contributed by atoms with Crippen LogP contribution in [0.15, 0.2) is 53.0 Å². The Labute approximate surface area is 136 Å². The molecule has 0 aliphatic carbocycles. The van der Waals surface area contributed by atoms with E-state index in [4.69, 9.17) is 0 Å². The van der Waals surface area contributed by atoms with Gasteiger partial charge < -0.3 is 5.32 Å². The van der Waals surface area contributed by atoms with Crippen molar-refractivity contribution in [2.75, 3.05) is 0 Å². The van der Waals surface area contributed by atoms with Crippen LogP contribution in [0.25, 0.3) is 0 Å². The van der Waals surface area contributed by atoms with Crippen LogP contribution in [0.2, 0.25) is 0 Å². The lowest BCUT2D eigenvalue weighted by molar-refractivity contribution is 0.455. The highest BCUT2D eigenvalue weighted by atomic mass is 79.9. The summed E-state index contributed by atoms with van der Waals surface area (Å²) in [6, 6.07) is 18.1. The van der Waals surface area contributed by atoms with E-state index in [0.717, 1.165) is 12.8 Å². The maximum absolute atomic E-state index is 3.69. The average molecular weight is 346 g/mol. The number of hydrogen-bond acceptors (Lipinski definition) is 1. The van der Waals surface area contributed by atoms with Gasteiger partial charge in [0.05, 0.1) is 0 Å². The molecular formula is C19H24BrN. The van der Waals surface area contributed by atoms with Crippen LogP contribution >= 0.6 is 15.9 Å². The zero-order valence-corrected chi connectivity index (χ0v) is 14.7. The molecule has 0 spiro atoms. The average Bonchev–Trinajstić information content (AvgIpc) is 2.45. The third kappa shape index (κ3) is 4.98. The van der Waals surface area contributed by atoms with E-state index in [1.54, 1.807) is 0 Å². The van der Waals surface area contributed by atoms with E-state index in [2.05, 4.69) is 90.5 Å². The van der Waals surface area contributed by atoms with Crippen LogP contribution in [0.3, 0.4) is 0 Å². The van der Waals surface area contributed by atoms with Gasteiger partial charge in [0, 0.05) is 16.6 Å². The van der Waals surface area contributed by atoms with E-state index in [9.17, 15) is 0 Å². The molecule has 0 saturated heterocycles. The van der Waals surface area contributed by atoms with Crippen molar-refractivity contribution in [2.45, 2.75) is 45.7 Å². The highest BCUT2D eigenvalue weighted by molar-refractivity contribution is 9.10. The fourth-order valence-corrected chi connectivity index (χ4v) is 3.31. The van der Waals surface area contributed by atoms with Crippen molar-refractivity contribution in [1.82, 2.24) is 5.32 Å². The Balaban J connectivity index is 1.87. The summed E-state index contributed by atoms with van der Waals surface area (Å²) in [6.07, 6.45) is 2.27. The molecule has 112 valence electrons. The SMILES string of the molecule is Cc1cccc(CCC(C)NC(C)c2ccccc2Br)c1. The molecule has 2 atom stereocenters. The maximum atomic E-state index is 3.69. The molecule has 0 heterocycles. The van der Waals surface area contributed by atoms with Gasteiger partial charge in [-0.1, -0.05) is 64.0 Å². The highest BCUT2D eigenvalue weighted by Gasteiger charge is 2.11. The predicted octanol–water partition coefficient (Wildman–Crippen LogP) is 5.43. The van der Waals surface area contributed by atoms with Crippen molar-refractivity contribution in [2.24, 2.45) is 0 Å². The molecule has 0 fully saturated rings. The molecule has 0 aliphatic heterocycles. The van der Waals surface area contributed by atoms with E-state index in [-0.39, 0.29) is 0 Å². The zero-order valence-electron chi connectivity index (χ0n) is 13.1. The van der Waals surface area contributed by atoms with Gasteiger partial charge in [-0.15, -0.1) is 0 Å². The predicted molar refractivity (Wildman–Crippen MR) is 94.7 cm³/mol. The fraction of sp³-hybridized carbons (Fsp3) is 0.368. The molecule has 0 bridgehead atoms. The first-order valence-corrected chi connectivity index (χ1v) is 8.41. The normalized spacial score (nSPS) is 13.9. The maximum Gasteiger partial charge on any atom is 0.0305 e. The molecule has 0 amide bonds. The number of aryl methyl sites for hydroxylation is 2. The minimum atomic E-state index is 0.355. The molecule has 2 heteroatoms. The second-order valence-electron chi connectivity index (χ2n) is 5.84. The number of nitrogens with one attached hydrogen (secondary N) is 1. The third-order valence-electron chi connectivity index (χ3n) is 3.85. The van der Waals surface area contributed by atoms with Crippen LogP contribution < -0.4 is 5.32 Å². The molecule has 21 heavy (non-hydrogen) atoms. The summed E-state index contributed by atoms with van der Waals surface area (Å²) in [4.78, 5) is 0. The van der Waals surface area contributed by atoms with E-state index in [1.807, 2.05) is 0 Å². The van der Waals surface area contributed by atoms with E-state index in [1.165, 1.54) is 21.2 Å². The van der Waals surface area contributed by atoms with Gasteiger partial charge in [-0.3, -0.25) is 0 Å². The molecule has 2 aromatic rings. The van der Waals surface area contributed by atoms with E-state index in [0.29, 0.717) is 12.1 Å². The monoisotopic (exact) mass is 345 g/mol. The Bertz CT molecular complexity index is 579. The van der Waals surface area contributed by atoms with Gasteiger partial charge in [0.15, 0.2) is 0 Å². The van der Waals surface area contributed by atoms with Gasteiger partial charge in [0.2, 0.25) is 0 Å². The Morgan fingerprint density at radius 2 is 1.81 bits per heavy atom. The van der Waals surface area contributed by atoms with Crippen molar-refractivity contribution >= 4 is 15.9 Å². The van der Waals surface area contributed by atoms with E-state index < -0.39 is 0 Å². The highest BCUT2D eigenvalue weighted by Crippen LogP contribution is 2.23. The number of benzene rings is 2. The summed E-state index contributed by atoms with van der Waals surface area (Å²) in [5, 5.41) is 3.69. The number of hydrogen-bond donors (Lipinski definition) is 1. The van der Waals surface area contributed by atoms with Gasteiger partial charge in [-0.05, 0) is 50.8 Å². The zero-order chi connectivity index (χ0) is 15.2. The van der Waals surface area contributed by atoms with Gasteiger partial charge in [-0.25, -0.2) is 0 Å². The van der Waals surface area contributed by atoms with Crippen LogP contribution in [-0.4, -0.2) is 6.04 Å². The van der Waals surface area contributed by atoms with Crippen LogP contribution in [0.4, 0.5) is 0 Å². The summed E-state index contributed by atoms with van der Waals surface area (Å²) >= 11 is 3.63. The quantitative estimate of drug-likeness (QED) is 0.735.